The Balaban J connectivity index is 1.80. The number of benzene rings is 1. The molecule has 1 heterocycles. The van der Waals surface area contributed by atoms with Crippen LogP contribution < -0.4 is 10.6 Å². The van der Waals surface area contributed by atoms with Gasteiger partial charge in [0.15, 0.2) is 0 Å². The molecule has 1 saturated carbocycles. The molecule has 1 aromatic heterocycles. The lowest BCUT2D eigenvalue weighted by atomic mass is 9.78. The first-order valence-corrected chi connectivity index (χ1v) is 11.1. The van der Waals surface area contributed by atoms with Gasteiger partial charge < -0.3 is 15.7 Å². The number of rotatable bonds is 5. The van der Waals surface area contributed by atoms with Crippen LogP contribution >= 0.6 is 0 Å². The van der Waals surface area contributed by atoms with Gasteiger partial charge >= 0.3 is 0 Å². The molecule has 3 rings (SSSR count). The Morgan fingerprint density at radius 1 is 1.06 bits per heavy atom. The maximum Gasteiger partial charge on any atom is 0.252 e. The summed E-state index contributed by atoms with van der Waals surface area (Å²) in [5.74, 6) is -0.270. The van der Waals surface area contributed by atoms with E-state index in [0.717, 1.165) is 22.5 Å². The van der Waals surface area contributed by atoms with E-state index < -0.39 is 5.54 Å². The number of phenolic OH excluding ortho intramolecular Hbond substituents is 1. The molecule has 0 saturated heterocycles. The maximum atomic E-state index is 13.2. The number of phenols is 1. The van der Waals surface area contributed by atoms with Crippen LogP contribution in [0.25, 0.3) is 0 Å². The van der Waals surface area contributed by atoms with Crippen molar-refractivity contribution in [2.24, 2.45) is 7.05 Å². The molecular formula is C25H36N4O3. The van der Waals surface area contributed by atoms with Gasteiger partial charge in [0, 0.05) is 29.4 Å². The zero-order valence-corrected chi connectivity index (χ0v) is 20.5. The zero-order valence-electron chi connectivity index (χ0n) is 20.5. The number of nitrogens with zero attached hydrogens (tertiary/aromatic N) is 2. The van der Waals surface area contributed by atoms with E-state index in [1.165, 1.54) is 0 Å². The van der Waals surface area contributed by atoms with Gasteiger partial charge in [0.05, 0.1) is 12.2 Å². The molecular weight excluding hydrogens is 404 g/mol. The topological polar surface area (TPSA) is 96.2 Å². The van der Waals surface area contributed by atoms with E-state index in [4.69, 9.17) is 0 Å². The molecule has 0 bridgehead atoms. The van der Waals surface area contributed by atoms with Crippen molar-refractivity contribution in [1.29, 1.82) is 0 Å². The number of hydrogen-bond acceptors (Lipinski definition) is 4. The Kier molecular flexibility index (Phi) is 5.91. The van der Waals surface area contributed by atoms with Crippen LogP contribution in [0.3, 0.4) is 0 Å². The summed E-state index contributed by atoms with van der Waals surface area (Å²) in [4.78, 5) is 26.1. The minimum atomic E-state index is -0.886. The smallest absolute Gasteiger partial charge is 0.252 e. The van der Waals surface area contributed by atoms with Crippen molar-refractivity contribution in [1.82, 2.24) is 20.4 Å². The van der Waals surface area contributed by atoms with Crippen LogP contribution in [0, 0.1) is 6.92 Å². The van der Waals surface area contributed by atoms with E-state index in [2.05, 4.69) is 15.7 Å². The van der Waals surface area contributed by atoms with Crippen LogP contribution in [0.2, 0.25) is 0 Å². The molecule has 1 fully saturated rings. The Morgan fingerprint density at radius 3 is 2.00 bits per heavy atom. The van der Waals surface area contributed by atoms with Crippen LogP contribution in [-0.2, 0) is 29.2 Å². The van der Waals surface area contributed by atoms with Crippen molar-refractivity contribution in [3.63, 3.8) is 0 Å². The lowest BCUT2D eigenvalue weighted by molar-refractivity contribution is -0.124. The molecule has 0 spiro atoms. The van der Waals surface area contributed by atoms with Gasteiger partial charge in [0.25, 0.3) is 5.91 Å². The van der Waals surface area contributed by atoms with Gasteiger partial charge in [0.1, 0.15) is 11.3 Å². The second-order valence-corrected chi connectivity index (χ2v) is 11.0. The standard InChI is InChI=1S/C25H36N4O3/c1-15-11-17(28-29(15)8)14-26-22(32)25(9-10-25)27-21(31)16-12-18(23(2,3)4)20(30)19(13-16)24(5,6)7/h11-13,30H,9-10,14H2,1-8H3,(H,26,32)(H,27,31). The summed E-state index contributed by atoms with van der Waals surface area (Å²) >= 11 is 0. The minimum Gasteiger partial charge on any atom is -0.507 e. The fraction of sp³-hybridized carbons (Fsp3) is 0.560. The molecule has 0 radical (unpaired) electrons. The third kappa shape index (κ3) is 4.81. The molecule has 1 aliphatic rings. The SMILES string of the molecule is Cc1cc(CNC(=O)C2(NC(=O)c3cc(C(C)(C)C)c(O)c(C(C)(C)C)c3)CC2)nn1C. The first-order valence-electron chi connectivity index (χ1n) is 11.1. The molecule has 7 nitrogen and oxygen atoms in total. The highest BCUT2D eigenvalue weighted by Crippen LogP contribution is 2.41. The quantitative estimate of drug-likeness (QED) is 0.662. The van der Waals surface area contributed by atoms with Gasteiger partial charge in [0.2, 0.25) is 5.91 Å². The summed E-state index contributed by atoms with van der Waals surface area (Å²) in [6.45, 7) is 14.3. The average molecular weight is 441 g/mol. The first kappa shape index (κ1) is 23.8. The van der Waals surface area contributed by atoms with Gasteiger partial charge in [-0.2, -0.15) is 5.10 Å². The number of nitrogens with one attached hydrogen (secondary N) is 2. The highest BCUT2D eigenvalue weighted by atomic mass is 16.3. The van der Waals surface area contributed by atoms with Gasteiger partial charge in [-0.15, -0.1) is 0 Å². The van der Waals surface area contributed by atoms with Gasteiger partial charge in [-0.3, -0.25) is 14.3 Å². The van der Waals surface area contributed by atoms with E-state index in [0.29, 0.717) is 24.9 Å². The van der Waals surface area contributed by atoms with Gasteiger partial charge in [-0.1, -0.05) is 41.5 Å². The summed E-state index contributed by atoms with van der Waals surface area (Å²) in [5.41, 5.74) is 2.12. The normalized spacial score (nSPS) is 15.4. The van der Waals surface area contributed by atoms with Crippen LogP contribution in [0.1, 0.15) is 87.3 Å². The first-order chi connectivity index (χ1) is 14.6. The van der Waals surface area contributed by atoms with Crippen LogP contribution in [0.4, 0.5) is 0 Å². The van der Waals surface area contributed by atoms with Crippen molar-refractivity contribution in [2.75, 3.05) is 0 Å². The molecule has 1 aliphatic carbocycles. The molecule has 1 aromatic carbocycles. The number of amides is 2. The summed E-state index contributed by atoms with van der Waals surface area (Å²) in [7, 11) is 1.86. The summed E-state index contributed by atoms with van der Waals surface area (Å²) in [6.07, 6.45) is 1.20. The van der Waals surface area contributed by atoms with E-state index in [1.807, 2.05) is 61.6 Å². The second-order valence-electron chi connectivity index (χ2n) is 11.0. The third-order valence-corrected chi connectivity index (χ3v) is 6.12. The van der Waals surface area contributed by atoms with Gasteiger partial charge in [-0.25, -0.2) is 0 Å². The number of carbonyl (C=O) groups is 2. The molecule has 0 atom stereocenters. The fourth-order valence-corrected chi connectivity index (χ4v) is 3.79. The predicted molar refractivity (Wildman–Crippen MR) is 125 cm³/mol. The van der Waals surface area contributed by atoms with Crippen molar-refractivity contribution < 1.29 is 14.7 Å². The lowest BCUT2D eigenvalue weighted by Crippen LogP contribution is -2.48. The van der Waals surface area contributed by atoms with E-state index >= 15 is 0 Å². The van der Waals surface area contributed by atoms with Crippen LogP contribution in [0.15, 0.2) is 18.2 Å². The number of hydrogen-bond donors (Lipinski definition) is 3. The van der Waals surface area contributed by atoms with Crippen molar-refractivity contribution in [3.05, 3.63) is 46.3 Å². The molecule has 2 amide bonds. The maximum absolute atomic E-state index is 13.2. The highest BCUT2D eigenvalue weighted by Gasteiger charge is 2.51. The number of aryl methyl sites for hydroxylation is 2. The zero-order chi connectivity index (χ0) is 24.1. The number of aromatic hydroxyl groups is 1. The predicted octanol–water partition coefficient (Wildman–Crippen LogP) is 3.61. The summed E-state index contributed by atoms with van der Waals surface area (Å²) in [6, 6.07) is 5.41. The number of aromatic nitrogens is 2. The fourth-order valence-electron chi connectivity index (χ4n) is 3.79. The molecule has 32 heavy (non-hydrogen) atoms. The lowest BCUT2D eigenvalue weighted by Gasteiger charge is -2.28. The summed E-state index contributed by atoms with van der Waals surface area (Å²) < 4.78 is 1.76. The minimum absolute atomic E-state index is 0.194. The van der Waals surface area contributed by atoms with Crippen molar-refractivity contribution in [3.8, 4) is 5.75 Å². The van der Waals surface area contributed by atoms with E-state index in [1.54, 1.807) is 16.8 Å². The van der Waals surface area contributed by atoms with E-state index in [9.17, 15) is 14.7 Å². The molecule has 7 heteroatoms. The number of carbonyl (C=O) groups excluding carboxylic acids is 2. The van der Waals surface area contributed by atoms with Crippen molar-refractivity contribution >= 4 is 11.8 Å². The van der Waals surface area contributed by atoms with Crippen LogP contribution in [0.5, 0.6) is 5.75 Å². The Labute approximate surface area is 190 Å². The second kappa shape index (κ2) is 7.94. The van der Waals surface area contributed by atoms with E-state index in [-0.39, 0.29) is 28.4 Å². The third-order valence-electron chi connectivity index (χ3n) is 6.12. The molecule has 0 aliphatic heterocycles. The monoisotopic (exact) mass is 440 g/mol. The molecule has 174 valence electrons. The molecule has 2 aromatic rings. The van der Waals surface area contributed by atoms with Gasteiger partial charge in [-0.05, 0) is 48.8 Å². The Bertz CT molecular complexity index is 996. The Hall–Kier alpha value is -2.83. The average Bonchev–Trinajstić information content (AvgIpc) is 3.37. The van der Waals surface area contributed by atoms with Crippen molar-refractivity contribution in [2.45, 2.75) is 84.2 Å². The molecule has 0 unspecified atom stereocenters. The highest BCUT2D eigenvalue weighted by molar-refractivity contribution is 6.01. The molecule has 3 N–H and O–H groups in total. The Morgan fingerprint density at radius 2 is 1.59 bits per heavy atom. The van der Waals surface area contributed by atoms with Crippen LogP contribution in [-0.4, -0.2) is 32.2 Å². The summed E-state index contributed by atoms with van der Waals surface area (Å²) in [5, 5.41) is 21.1. The largest absolute Gasteiger partial charge is 0.507 e.